The van der Waals surface area contributed by atoms with E-state index < -0.39 is 0 Å². The Kier molecular flexibility index (Phi) is 3.54. The molecular formula is C14H21N3. The normalized spacial score (nSPS) is 25.1. The van der Waals surface area contributed by atoms with Gasteiger partial charge in [-0.25, -0.2) is 0 Å². The fourth-order valence-electron chi connectivity index (χ4n) is 2.71. The van der Waals surface area contributed by atoms with E-state index in [1.54, 1.807) is 0 Å². The van der Waals surface area contributed by atoms with E-state index in [0.29, 0.717) is 5.92 Å². The van der Waals surface area contributed by atoms with Crippen LogP contribution in [0.1, 0.15) is 32.4 Å². The molecule has 1 aromatic rings. The number of nitrogens with one attached hydrogen (secondary N) is 1. The molecule has 2 unspecified atom stereocenters. The first kappa shape index (κ1) is 12.2. The summed E-state index contributed by atoms with van der Waals surface area (Å²) < 4.78 is 0. The number of aromatic nitrogens is 1. The van der Waals surface area contributed by atoms with Gasteiger partial charge < -0.3 is 4.98 Å². The molecule has 0 amide bonds. The molecule has 3 nitrogen and oxygen atoms in total. The lowest BCUT2D eigenvalue weighted by molar-refractivity contribution is 0.0953. The van der Waals surface area contributed by atoms with Crippen molar-refractivity contribution in [3.05, 3.63) is 24.0 Å². The second kappa shape index (κ2) is 4.93. The third kappa shape index (κ3) is 2.70. The SMILES string of the molecule is CC1CCCN(C(C)(C#N)Cc2ccc[nH]2)C1. The molecule has 0 bridgehead atoms. The van der Waals surface area contributed by atoms with Crippen LogP contribution in [0.25, 0.3) is 0 Å². The summed E-state index contributed by atoms with van der Waals surface area (Å²) in [5.74, 6) is 0.708. The molecule has 0 aromatic carbocycles. The maximum atomic E-state index is 9.52. The molecule has 0 aliphatic carbocycles. The van der Waals surface area contributed by atoms with E-state index >= 15 is 0 Å². The summed E-state index contributed by atoms with van der Waals surface area (Å²) in [5, 5.41) is 9.52. The van der Waals surface area contributed by atoms with Gasteiger partial charge in [0.05, 0.1) is 6.07 Å². The third-order valence-corrected chi connectivity index (χ3v) is 3.79. The van der Waals surface area contributed by atoms with Gasteiger partial charge in [-0.2, -0.15) is 5.26 Å². The van der Waals surface area contributed by atoms with Gasteiger partial charge in [0.2, 0.25) is 0 Å². The quantitative estimate of drug-likeness (QED) is 0.868. The Bertz CT molecular complexity index is 390. The Morgan fingerprint density at radius 1 is 1.65 bits per heavy atom. The van der Waals surface area contributed by atoms with E-state index in [1.807, 2.05) is 12.3 Å². The number of hydrogen-bond donors (Lipinski definition) is 1. The summed E-state index contributed by atoms with van der Waals surface area (Å²) in [4.78, 5) is 5.55. The van der Waals surface area contributed by atoms with Gasteiger partial charge in [-0.3, -0.25) is 4.90 Å². The van der Waals surface area contributed by atoms with Gasteiger partial charge in [0.15, 0.2) is 0 Å². The predicted molar refractivity (Wildman–Crippen MR) is 68.5 cm³/mol. The molecule has 3 heteroatoms. The van der Waals surface area contributed by atoms with Gasteiger partial charge in [0.25, 0.3) is 0 Å². The maximum absolute atomic E-state index is 9.52. The molecular weight excluding hydrogens is 210 g/mol. The monoisotopic (exact) mass is 231 g/mol. The lowest BCUT2D eigenvalue weighted by Gasteiger charge is -2.40. The zero-order chi connectivity index (χ0) is 12.3. The Labute approximate surface area is 103 Å². The predicted octanol–water partition coefficient (Wildman–Crippen LogP) is 2.57. The highest BCUT2D eigenvalue weighted by atomic mass is 15.2. The molecule has 1 saturated heterocycles. The van der Waals surface area contributed by atoms with Crippen LogP contribution in [0.15, 0.2) is 18.3 Å². The van der Waals surface area contributed by atoms with Crippen molar-refractivity contribution >= 4 is 0 Å². The lowest BCUT2D eigenvalue weighted by atomic mass is 9.90. The Balaban J connectivity index is 2.10. The average Bonchev–Trinajstić information content (AvgIpc) is 2.81. The first-order chi connectivity index (χ1) is 8.14. The molecule has 1 aliphatic rings. The molecule has 1 aromatic heterocycles. The molecule has 17 heavy (non-hydrogen) atoms. The van der Waals surface area contributed by atoms with Gasteiger partial charge in [-0.05, 0) is 44.4 Å². The van der Waals surface area contributed by atoms with Crippen LogP contribution < -0.4 is 0 Å². The minimum absolute atomic E-state index is 0.375. The van der Waals surface area contributed by atoms with Gasteiger partial charge in [-0.1, -0.05) is 6.92 Å². The molecule has 0 spiro atoms. The molecule has 1 N–H and O–H groups in total. The smallest absolute Gasteiger partial charge is 0.111 e. The highest BCUT2D eigenvalue weighted by Gasteiger charge is 2.34. The van der Waals surface area contributed by atoms with Crippen molar-refractivity contribution in [2.24, 2.45) is 5.92 Å². The van der Waals surface area contributed by atoms with Gasteiger partial charge in [0.1, 0.15) is 5.54 Å². The molecule has 1 fully saturated rings. The van der Waals surface area contributed by atoms with E-state index in [-0.39, 0.29) is 5.54 Å². The summed E-state index contributed by atoms with van der Waals surface area (Å²) in [7, 11) is 0. The van der Waals surface area contributed by atoms with E-state index in [2.05, 4.69) is 35.9 Å². The van der Waals surface area contributed by atoms with Crippen LogP contribution in [-0.4, -0.2) is 28.5 Å². The topological polar surface area (TPSA) is 42.8 Å². The van der Waals surface area contributed by atoms with E-state index in [0.717, 1.165) is 25.2 Å². The molecule has 0 saturated carbocycles. The molecule has 2 atom stereocenters. The van der Waals surface area contributed by atoms with Crippen LogP contribution in [0.4, 0.5) is 0 Å². The molecule has 2 heterocycles. The Hall–Kier alpha value is -1.27. The summed E-state index contributed by atoms with van der Waals surface area (Å²) >= 11 is 0. The second-order valence-electron chi connectivity index (χ2n) is 5.45. The molecule has 1 aliphatic heterocycles. The van der Waals surface area contributed by atoms with E-state index in [1.165, 1.54) is 12.8 Å². The zero-order valence-corrected chi connectivity index (χ0v) is 10.7. The minimum atomic E-state index is -0.375. The Morgan fingerprint density at radius 2 is 2.47 bits per heavy atom. The molecule has 92 valence electrons. The average molecular weight is 231 g/mol. The zero-order valence-electron chi connectivity index (χ0n) is 10.7. The van der Waals surface area contributed by atoms with Crippen molar-refractivity contribution in [1.29, 1.82) is 5.26 Å². The fraction of sp³-hybridized carbons (Fsp3) is 0.643. The van der Waals surface area contributed by atoms with Crippen molar-refractivity contribution in [1.82, 2.24) is 9.88 Å². The standard InChI is InChI=1S/C14H21N3/c1-12-5-4-8-17(10-12)14(2,11-15)9-13-6-3-7-16-13/h3,6-7,12,16H,4-5,8-10H2,1-2H3. The number of rotatable bonds is 3. The van der Waals surface area contributed by atoms with Gasteiger partial charge in [0, 0.05) is 24.9 Å². The first-order valence-electron chi connectivity index (χ1n) is 6.42. The summed E-state index contributed by atoms with van der Waals surface area (Å²) in [6.07, 6.45) is 5.21. The number of piperidine rings is 1. The lowest BCUT2D eigenvalue weighted by Crippen LogP contribution is -2.51. The van der Waals surface area contributed by atoms with Crippen LogP contribution in [0.3, 0.4) is 0 Å². The van der Waals surface area contributed by atoms with Crippen LogP contribution in [0, 0.1) is 17.2 Å². The molecule has 2 rings (SSSR count). The summed E-state index contributed by atoms with van der Waals surface area (Å²) in [6.45, 7) is 6.43. The summed E-state index contributed by atoms with van der Waals surface area (Å²) in [6, 6.07) is 6.56. The van der Waals surface area contributed by atoms with Crippen LogP contribution in [0.5, 0.6) is 0 Å². The fourth-order valence-corrected chi connectivity index (χ4v) is 2.71. The van der Waals surface area contributed by atoms with Crippen molar-refractivity contribution in [2.75, 3.05) is 13.1 Å². The number of aromatic amines is 1. The van der Waals surface area contributed by atoms with Crippen molar-refractivity contribution in [2.45, 2.75) is 38.6 Å². The van der Waals surface area contributed by atoms with E-state index in [9.17, 15) is 5.26 Å². The minimum Gasteiger partial charge on any atom is -0.365 e. The van der Waals surface area contributed by atoms with Crippen molar-refractivity contribution in [3.8, 4) is 6.07 Å². The highest BCUT2D eigenvalue weighted by Crippen LogP contribution is 2.26. The van der Waals surface area contributed by atoms with Gasteiger partial charge in [-0.15, -0.1) is 0 Å². The number of hydrogen-bond acceptors (Lipinski definition) is 2. The first-order valence-corrected chi connectivity index (χ1v) is 6.42. The van der Waals surface area contributed by atoms with Crippen LogP contribution in [0.2, 0.25) is 0 Å². The number of nitriles is 1. The van der Waals surface area contributed by atoms with E-state index in [4.69, 9.17) is 0 Å². The Morgan fingerprint density at radius 3 is 3.06 bits per heavy atom. The third-order valence-electron chi connectivity index (χ3n) is 3.79. The maximum Gasteiger partial charge on any atom is 0.111 e. The van der Waals surface area contributed by atoms with Gasteiger partial charge >= 0.3 is 0 Å². The number of H-pyrrole nitrogens is 1. The highest BCUT2D eigenvalue weighted by molar-refractivity contribution is 5.16. The van der Waals surface area contributed by atoms with Crippen molar-refractivity contribution < 1.29 is 0 Å². The van der Waals surface area contributed by atoms with Crippen molar-refractivity contribution in [3.63, 3.8) is 0 Å². The molecule has 0 radical (unpaired) electrons. The second-order valence-corrected chi connectivity index (χ2v) is 5.45. The number of nitrogens with zero attached hydrogens (tertiary/aromatic N) is 2. The van der Waals surface area contributed by atoms with Crippen LogP contribution in [-0.2, 0) is 6.42 Å². The number of likely N-dealkylation sites (tertiary alicyclic amines) is 1. The largest absolute Gasteiger partial charge is 0.365 e. The summed E-state index contributed by atoms with van der Waals surface area (Å²) in [5.41, 5.74) is 0.770. The van der Waals surface area contributed by atoms with Crippen LogP contribution >= 0.6 is 0 Å².